The Labute approximate surface area is 258 Å². The van der Waals surface area contributed by atoms with Crippen LogP contribution in [0.4, 0.5) is 10.5 Å². The Hall–Kier alpha value is -5.43. The lowest BCUT2D eigenvalue weighted by Gasteiger charge is -2.46. The Morgan fingerprint density at radius 1 is 1.00 bits per heavy atom. The van der Waals surface area contributed by atoms with Crippen molar-refractivity contribution in [2.75, 3.05) is 24.5 Å². The molecule has 7 N–H and O–H groups in total. The highest BCUT2D eigenvalue weighted by Gasteiger charge is 2.66. The number of imide groups is 1. The number of aliphatic hydroxyl groups is 1. The average Bonchev–Trinajstić information content (AvgIpc) is 3.76. The molecule has 5 aliphatic rings. The first-order chi connectivity index (χ1) is 21.8. The summed E-state index contributed by atoms with van der Waals surface area (Å²) in [7, 11) is 0. The molecular weight excluding hydrogens is 574 g/mol. The monoisotopic (exact) mass is 605 g/mol. The van der Waals surface area contributed by atoms with E-state index in [2.05, 4.69) is 32.8 Å². The number of amides is 4. The number of para-hydroxylation sites is 1. The van der Waals surface area contributed by atoms with Crippen LogP contribution in [0.2, 0.25) is 0 Å². The molecule has 8 rings (SSSR count). The molecule has 2 unspecified atom stereocenters. The number of guanidine groups is 2. The van der Waals surface area contributed by atoms with Gasteiger partial charge in [-0.05, 0) is 46.9 Å². The number of nitrogens with two attached hydrogens (primary N) is 2. The molecule has 2 fully saturated rings. The summed E-state index contributed by atoms with van der Waals surface area (Å²) >= 11 is 0. The van der Waals surface area contributed by atoms with E-state index in [0.29, 0.717) is 17.7 Å². The lowest BCUT2D eigenvalue weighted by atomic mass is 9.87. The standard InChI is InChI=1S/C32H31N9O4/c33-29-37-26-23(14-40-25(42)16-39(31(40)45)18-8-2-1-3-9-18)36-30(34)41-15-24(27(43)32(26,41)38-29)35-28(44)21-12-6-11-20-19-10-5-4-7-17(19)13-22(20)21/h1-12,23-24,26-27,43H,13-16H2,(H2,34,36)(H,35,44)(H3,33,37,38)/t23-,24-,26?,27+,32?/m0/s1. The molecule has 0 radical (unpaired) electrons. The van der Waals surface area contributed by atoms with Crippen LogP contribution in [0.15, 0.2) is 82.8 Å². The molecule has 4 aliphatic heterocycles. The number of hydrogen-bond donors (Lipinski definition) is 5. The summed E-state index contributed by atoms with van der Waals surface area (Å²) in [6.45, 7) is -0.0773. The van der Waals surface area contributed by atoms with Crippen molar-refractivity contribution in [2.24, 2.45) is 21.5 Å². The summed E-state index contributed by atoms with van der Waals surface area (Å²) in [6.07, 6.45) is -0.573. The second-order valence-electron chi connectivity index (χ2n) is 12.0. The predicted octanol–water partition coefficient (Wildman–Crippen LogP) is 0.181. The van der Waals surface area contributed by atoms with Gasteiger partial charge in [0, 0.05) is 17.8 Å². The topological polar surface area (TPSA) is 182 Å². The second-order valence-corrected chi connectivity index (χ2v) is 12.0. The van der Waals surface area contributed by atoms with Gasteiger partial charge >= 0.3 is 6.03 Å². The van der Waals surface area contributed by atoms with Gasteiger partial charge in [-0.2, -0.15) is 0 Å². The molecule has 4 amide bonds. The van der Waals surface area contributed by atoms with Gasteiger partial charge in [0.25, 0.3) is 11.8 Å². The van der Waals surface area contributed by atoms with Gasteiger partial charge in [-0.3, -0.25) is 19.4 Å². The number of fused-ring (bicyclic) bond motifs is 3. The van der Waals surface area contributed by atoms with E-state index < -0.39 is 35.9 Å². The van der Waals surface area contributed by atoms with Gasteiger partial charge in [0.2, 0.25) is 0 Å². The third-order valence-corrected chi connectivity index (χ3v) is 9.56. The minimum absolute atomic E-state index is 0.0644. The first-order valence-corrected chi connectivity index (χ1v) is 14.8. The molecule has 228 valence electrons. The molecule has 5 atom stereocenters. The van der Waals surface area contributed by atoms with E-state index in [-0.39, 0.29) is 43.4 Å². The van der Waals surface area contributed by atoms with E-state index in [9.17, 15) is 19.5 Å². The number of rotatable bonds is 5. The zero-order valence-corrected chi connectivity index (χ0v) is 24.1. The maximum absolute atomic E-state index is 13.8. The molecule has 1 aliphatic carbocycles. The fraction of sp³-hybridized carbons (Fsp3) is 0.281. The van der Waals surface area contributed by atoms with Crippen LogP contribution in [-0.2, 0) is 11.2 Å². The summed E-state index contributed by atoms with van der Waals surface area (Å²) < 4.78 is 0. The van der Waals surface area contributed by atoms with E-state index in [1.54, 1.807) is 35.2 Å². The Morgan fingerprint density at radius 3 is 2.58 bits per heavy atom. The van der Waals surface area contributed by atoms with Crippen molar-refractivity contribution in [3.05, 3.63) is 89.5 Å². The molecule has 0 saturated carbocycles. The minimum Gasteiger partial charge on any atom is -0.386 e. The van der Waals surface area contributed by atoms with Gasteiger partial charge in [-0.1, -0.05) is 54.6 Å². The molecule has 3 aromatic rings. The SMILES string of the molecule is NC1=NC2[C@H](CN3C(=O)CN(c4ccccc4)C3=O)N=C(N)N3C[C@H](NC(=O)c4cccc5c4Cc4ccccc4-5)[C@@H](O)C23N1. The largest absolute Gasteiger partial charge is 0.386 e. The molecule has 13 heteroatoms. The maximum Gasteiger partial charge on any atom is 0.331 e. The molecule has 0 aromatic heterocycles. The van der Waals surface area contributed by atoms with E-state index in [4.69, 9.17) is 11.5 Å². The van der Waals surface area contributed by atoms with E-state index >= 15 is 0 Å². The number of hydrogen-bond acceptors (Lipinski definition) is 10. The average molecular weight is 606 g/mol. The number of aliphatic hydroxyl groups excluding tert-OH is 1. The first kappa shape index (κ1) is 27.1. The molecule has 45 heavy (non-hydrogen) atoms. The Morgan fingerprint density at radius 2 is 1.76 bits per heavy atom. The molecule has 3 aromatic carbocycles. The molecular formula is C32H31N9O4. The van der Waals surface area contributed by atoms with Crippen molar-refractivity contribution in [3.8, 4) is 11.1 Å². The number of nitrogens with one attached hydrogen (secondary N) is 2. The van der Waals surface area contributed by atoms with Crippen molar-refractivity contribution in [2.45, 2.75) is 36.3 Å². The Bertz CT molecular complexity index is 1830. The van der Waals surface area contributed by atoms with Gasteiger partial charge in [0.15, 0.2) is 17.6 Å². The summed E-state index contributed by atoms with van der Waals surface area (Å²) in [5.74, 6) is -0.551. The highest BCUT2D eigenvalue weighted by molar-refractivity contribution is 6.12. The normalized spacial score (nSPS) is 27.8. The highest BCUT2D eigenvalue weighted by Crippen LogP contribution is 2.41. The minimum atomic E-state index is -1.33. The summed E-state index contributed by atoms with van der Waals surface area (Å²) in [6, 6.07) is 19.9. The molecule has 13 nitrogen and oxygen atoms in total. The number of aliphatic imine (C=N–C) groups is 2. The van der Waals surface area contributed by atoms with Gasteiger partial charge in [0.1, 0.15) is 18.7 Å². The zero-order valence-electron chi connectivity index (χ0n) is 24.1. The van der Waals surface area contributed by atoms with Gasteiger partial charge < -0.3 is 32.1 Å². The van der Waals surface area contributed by atoms with Crippen molar-refractivity contribution in [1.82, 2.24) is 20.4 Å². The van der Waals surface area contributed by atoms with Crippen LogP contribution >= 0.6 is 0 Å². The van der Waals surface area contributed by atoms with Gasteiger partial charge in [-0.15, -0.1) is 0 Å². The Kier molecular flexibility index (Phi) is 5.91. The molecule has 1 spiro atoms. The summed E-state index contributed by atoms with van der Waals surface area (Å²) in [5.41, 5.74) is 16.7. The van der Waals surface area contributed by atoms with Crippen molar-refractivity contribution in [1.29, 1.82) is 0 Å². The number of urea groups is 1. The van der Waals surface area contributed by atoms with Crippen molar-refractivity contribution >= 4 is 35.5 Å². The van der Waals surface area contributed by atoms with Crippen LogP contribution in [0.3, 0.4) is 0 Å². The Balaban J connectivity index is 1.05. The fourth-order valence-corrected chi connectivity index (χ4v) is 7.52. The smallest absolute Gasteiger partial charge is 0.331 e. The first-order valence-electron chi connectivity index (χ1n) is 14.8. The van der Waals surface area contributed by atoms with E-state index in [1.165, 1.54) is 4.90 Å². The predicted molar refractivity (Wildman–Crippen MR) is 166 cm³/mol. The molecule has 2 saturated heterocycles. The summed E-state index contributed by atoms with van der Waals surface area (Å²) in [5, 5.41) is 18.0. The van der Waals surface area contributed by atoms with Crippen LogP contribution in [0.25, 0.3) is 11.1 Å². The highest BCUT2D eigenvalue weighted by atomic mass is 16.3. The van der Waals surface area contributed by atoms with Crippen LogP contribution in [0.5, 0.6) is 0 Å². The van der Waals surface area contributed by atoms with Crippen LogP contribution in [0, 0.1) is 0 Å². The number of carbonyl (C=O) groups is 3. The van der Waals surface area contributed by atoms with Gasteiger partial charge in [0.05, 0.1) is 18.6 Å². The lowest BCUT2D eigenvalue weighted by molar-refractivity contribution is -0.125. The maximum atomic E-state index is 13.8. The van der Waals surface area contributed by atoms with Crippen molar-refractivity contribution in [3.63, 3.8) is 0 Å². The van der Waals surface area contributed by atoms with E-state index in [1.807, 2.05) is 30.3 Å². The molecule has 0 bridgehead atoms. The third kappa shape index (κ3) is 3.93. The van der Waals surface area contributed by atoms with Crippen LogP contribution < -0.4 is 27.0 Å². The van der Waals surface area contributed by atoms with Crippen LogP contribution in [0.1, 0.15) is 21.5 Å². The lowest BCUT2D eigenvalue weighted by Crippen LogP contribution is -2.73. The second kappa shape index (κ2) is 9.79. The van der Waals surface area contributed by atoms with Crippen LogP contribution in [-0.4, -0.2) is 94.2 Å². The van der Waals surface area contributed by atoms with Crippen molar-refractivity contribution < 1.29 is 19.5 Å². The number of carbonyl (C=O) groups excluding carboxylic acids is 3. The number of anilines is 1. The summed E-state index contributed by atoms with van der Waals surface area (Å²) in [4.78, 5) is 53.5. The fourth-order valence-electron chi connectivity index (χ4n) is 7.52. The number of benzene rings is 3. The molecule has 4 heterocycles. The number of nitrogens with zero attached hydrogens (tertiary/aromatic N) is 5. The third-order valence-electron chi connectivity index (χ3n) is 9.56. The van der Waals surface area contributed by atoms with E-state index in [0.717, 1.165) is 27.2 Å². The quantitative estimate of drug-likeness (QED) is 0.200. The zero-order chi connectivity index (χ0) is 31.0. The van der Waals surface area contributed by atoms with Gasteiger partial charge in [-0.25, -0.2) is 14.8 Å².